The van der Waals surface area contributed by atoms with Crippen molar-refractivity contribution in [2.24, 2.45) is 11.8 Å². The molecule has 0 spiro atoms. The van der Waals surface area contributed by atoms with Gasteiger partial charge in [-0.05, 0) is 49.1 Å². The Morgan fingerprint density at radius 2 is 2.00 bits per heavy atom. The molecule has 1 aliphatic carbocycles. The molecule has 0 saturated heterocycles. The maximum Gasteiger partial charge on any atom is 0.0851 e. The smallest absolute Gasteiger partial charge is 0.0851 e. The summed E-state index contributed by atoms with van der Waals surface area (Å²) in [6, 6.07) is 8.67. The van der Waals surface area contributed by atoms with Gasteiger partial charge < -0.3 is 10.4 Å². The fourth-order valence-electron chi connectivity index (χ4n) is 4.01. The molecule has 0 radical (unpaired) electrons. The first kappa shape index (κ1) is 13.9. The minimum Gasteiger partial charge on any atom is -0.388 e. The Morgan fingerprint density at radius 1 is 1.20 bits per heavy atom. The van der Waals surface area contributed by atoms with Gasteiger partial charge in [0, 0.05) is 5.69 Å². The summed E-state index contributed by atoms with van der Waals surface area (Å²) in [4.78, 5) is 0. The van der Waals surface area contributed by atoms with Gasteiger partial charge in [0.15, 0.2) is 0 Å². The van der Waals surface area contributed by atoms with Crippen LogP contribution in [0, 0.1) is 11.8 Å². The Labute approximate surface area is 122 Å². The van der Waals surface area contributed by atoms with Crippen molar-refractivity contribution in [1.29, 1.82) is 0 Å². The maximum absolute atomic E-state index is 11.2. The molecule has 0 aromatic heterocycles. The number of hydrogen-bond acceptors (Lipinski definition) is 2. The third kappa shape index (κ3) is 2.58. The van der Waals surface area contributed by atoms with Crippen molar-refractivity contribution in [3.8, 4) is 0 Å². The lowest BCUT2D eigenvalue weighted by atomic mass is 9.83. The average Bonchev–Trinajstić information content (AvgIpc) is 2.76. The van der Waals surface area contributed by atoms with Crippen molar-refractivity contribution >= 4 is 5.69 Å². The van der Waals surface area contributed by atoms with Crippen LogP contribution in [0.15, 0.2) is 24.3 Å². The first-order chi connectivity index (χ1) is 9.58. The van der Waals surface area contributed by atoms with Crippen LogP contribution < -0.4 is 5.32 Å². The standard InChI is InChI=1S/C18H27NO/c1-13(2)14-7-5-10-18(20,11-9-14)17-12-15-6-3-4-8-16(15)19-17/h3-4,6,8,13-14,17,19-20H,5,7,9-12H2,1-2H3. The molecule has 1 fully saturated rings. The third-order valence-corrected chi connectivity index (χ3v) is 5.50. The predicted molar refractivity (Wildman–Crippen MR) is 83.9 cm³/mol. The minimum absolute atomic E-state index is 0.200. The minimum atomic E-state index is -0.525. The van der Waals surface area contributed by atoms with Crippen molar-refractivity contribution in [1.82, 2.24) is 0 Å². The van der Waals surface area contributed by atoms with Crippen molar-refractivity contribution in [2.75, 3.05) is 5.32 Å². The van der Waals surface area contributed by atoms with Gasteiger partial charge in [0.1, 0.15) is 0 Å². The van der Waals surface area contributed by atoms with E-state index in [2.05, 4.69) is 43.4 Å². The number of aliphatic hydroxyl groups is 1. The lowest BCUT2D eigenvalue weighted by Crippen LogP contribution is -2.45. The van der Waals surface area contributed by atoms with Crippen LogP contribution in [0.5, 0.6) is 0 Å². The molecule has 3 rings (SSSR count). The highest BCUT2D eigenvalue weighted by Crippen LogP contribution is 2.40. The predicted octanol–water partition coefficient (Wildman–Crippen LogP) is 3.99. The fraction of sp³-hybridized carbons (Fsp3) is 0.667. The van der Waals surface area contributed by atoms with E-state index in [4.69, 9.17) is 0 Å². The van der Waals surface area contributed by atoms with E-state index < -0.39 is 5.60 Å². The fourth-order valence-corrected chi connectivity index (χ4v) is 4.01. The second-order valence-electron chi connectivity index (χ2n) is 7.10. The number of fused-ring (bicyclic) bond motifs is 1. The number of para-hydroxylation sites is 1. The maximum atomic E-state index is 11.2. The summed E-state index contributed by atoms with van der Waals surface area (Å²) < 4.78 is 0. The van der Waals surface area contributed by atoms with Gasteiger partial charge in [0.25, 0.3) is 0 Å². The lowest BCUT2D eigenvalue weighted by molar-refractivity contribution is 0.00647. The Hall–Kier alpha value is -1.02. The highest BCUT2D eigenvalue weighted by molar-refractivity contribution is 5.57. The summed E-state index contributed by atoms with van der Waals surface area (Å²) in [5, 5.41) is 14.7. The van der Waals surface area contributed by atoms with Gasteiger partial charge in [-0.15, -0.1) is 0 Å². The molecule has 1 heterocycles. The van der Waals surface area contributed by atoms with E-state index in [-0.39, 0.29) is 6.04 Å². The Balaban J connectivity index is 1.71. The summed E-state index contributed by atoms with van der Waals surface area (Å²) in [6.07, 6.45) is 6.47. The molecular weight excluding hydrogens is 246 g/mol. The summed E-state index contributed by atoms with van der Waals surface area (Å²) >= 11 is 0. The van der Waals surface area contributed by atoms with Crippen LogP contribution in [-0.2, 0) is 6.42 Å². The zero-order valence-electron chi connectivity index (χ0n) is 12.7. The van der Waals surface area contributed by atoms with Crippen LogP contribution in [0.25, 0.3) is 0 Å². The topological polar surface area (TPSA) is 32.3 Å². The first-order valence-electron chi connectivity index (χ1n) is 8.15. The molecule has 2 aliphatic rings. The molecule has 0 bridgehead atoms. The normalized spacial score (nSPS) is 33.6. The van der Waals surface area contributed by atoms with Crippen LogP contribution >= 0.6 is 0 Å². The lowest BCUT2D eigenvalue weighted by Gasteiger charge is -2.33. The molecule has 2 nitrogen and oxygen atoms in total. The number of rotatable bonds is 2. The van der Waals surface area contributed by atoms with E-state index in [1.54, 1.807) is 0 Å². The van der Waals surface area contributed by atoms with Gasteiger partial charge in [-0.2, -0.15) is 0 Å². The van der Waals surface area contributed by atoms with E-state index >= 15 is 0 Å². The van der Waals surface area contributed by atoms with Crippen LogP contribution in [0.2, 0.25) is 0 Å². The first-order valence-corrected chi connectivity index (χ1v) is 8.15. The monoisotopic (exact) mass is 273 g/mol. The number of benzene rings is 1. The molecule has 2 heteroatoms. The summed E-state index contributed by atoms with van der Waals surface area (Å²) in [7, 11) is 0. The summed E-state index contributed by atoms with van der Waals surface area (Å²) in [5.74, 6) is 1.53. The molecule has 110 valence electrons. The molecule has 2 N–H and O–H groups in total. The number of anilines is 1. The second-order valence-corrected chi connectivity index (χ2v) is 7.10. The van der Waals surface area contributed by atoms with E-state index in [1.165, 1.54) is 24.1 Å². The van der Waals surface area contributed by atoms with E-state index in [0.717, 1.165) is 37.5 Å². The van der Waals surface area contributed by atoms with Crippen molar-refractivity contribution in [3.05, 3.63) is 29.8 Å². The van der Waals surface area contributed by atoms with Gasteiger partial charge in [0.2, 0.25) is 0 Å². The Bertz CT molecular complexity index is 445. The molecule has 3 unspecified atom stereocenters. The molecule has 1 saturated carbocycles. The second kappa shape index (κ2) is 5.40. The third-order valence-electron chi connectivity index (χ3n) is 5.50. The quantitative estimate of drug-likeness (QED) is 0.799. The van der Waals surface area contributed by atoms with Crippen molar-refractivity contribution in [2.45, 2.75) is 64.0 Å². The van der Waals surface area contributed by atoms with Crippen LogP contribution in [0.1, 0.15) is 51.5 Å². The van der Waals surface area contributed by atoms with E-state index in [1.807, 2.05) is 0 Å². The highest BCUT2D eigenvalue weighted by atomic mass is 16.3. The zero-order valence-corrected chi connectivity index (χ0v) is 12.7. The molecule has 20 heavy (non-hydrogen) atoms. The van der Waals surface area contributed by atoms with E-state index in [0.29, 0.717) is 0 Å². The highest BCUT2D eigenvalue weighted by Gasteiger charge is 2.41. The van der Waals surface area contributed by atoms with E-state index in [9.17, 15) is 5.11 Å². The Morgan fingerprint density at radius 3 is 2.75 bits per heavy atom. The molecular formula is C18H27NO. The molecule has 3 atom stereocenters. The number of nitrogens with one attached hydrogen (secondary N) is 1. The van der Waals surface area contributed by atoms with Crippen molar-refractivity contribution < 1.29 is 5.11 Å². The number of hydrogen-bond donors (Lipinski definition) is 2. The van der Waals surface area contributed by atoms with Crippen LogP contribution in [0.4, 0.5) is 5.69 Å². The largest absolute Gasteiger partial charge is 0.388 e. The van der Waals surface area contributed by atoms with Gasteiger partial charge in [-0.1, -0.05) is 44.9 Å². The molecule has 0 amide bonds. The van der Waals surface area contributed by atoms with Gasteiger partial charge >= 0.3 is 0 Å². The molecule has 1 aromatic carbocycles. The zero-order chi connectivity index (χ0) is 14.2. The van der Waals surface area contributed by atoms with Crippen LogP contribution in [0.3, 0.4) is 0 Å². The van der Waals surface area contributed by atoms with Gasteiger partial charge in [0.05, 0.1) is 11.6 Å². The summed E-state index contributed by atoms with van der Waals surface area (Å²) in [6.45, 7) is 4.64. The van der Waals surface area contributed by atoms with Gasteiger partial charge in [-0.25, -0.2) is 0 Å². The average molecular weight is 273 g/mol. The van der Waals surface area contributed by atoms with Gasteiger partial charge in [-0.3, -0.25) is 0 Å². The van der Waals surface area contributed by atoms with Crippen LogP contribution in [-0.4, -0.2) is 16.7 Å². The SMILES string of the molecule is CC(C)C1CCCC(O)(C2Cc3ccccc3N2)CC1. The molecule has 1 aromatic rings. The summed E-state index contributed by atoms with van der Waals surface area (Å²) in [5.41, 5.74) is 2.05. The molecule has 1 aliphatic heterocycles. The van der Waals surface area contributed by atoms with Crippen molar-refractivity contribution in [3.63, 3.8) is 0 Å². The Kier molecular flexibility index (Phi) is 3.76.